The van der Waals surface area contributed by atoms with Crippen molar-refractivity contribution in [1.29, 1.82) is 0 Å². The molecular formula is C20H27N3O3S. The Morgan fingerprint density at radius 1 is 0.963 bits per heavy atom. The third-order valence-electron chi connectivity index (χ3n) is 4.35. The minimum absolute atomic E-state index is 0.163. The van der Waals surface area contributed by atoms with Crippen molar-refractivity contribution in [3.63, 3.8) is 0 Å². The van der Waals surface area contributed by atoms with Crippen molar-refractivity contribution < 1.29 is 13.2 Å². The zero-order valence-electron chi connectivity index (χ0n) is 16.3. The third-order valence-corrected chi connectivity index (χ3v) is 6.17. The summed E-state index contributed by atoms with van der Waals surface area (Å²) in [5, 5.41) is 2.90. The molecule has 0 radical (unpaired) electrons. The van der Waals surface area contributed by atoms with Gasteiger partial charge in [-0.25, -0.2) is 0 Å². The van der Waals surface area contributed by atoms with Crippen LogP contribution in [-0.2, 0) is 16.6 Å². The molecule has 1 amide bonds. The molecule has 0 fully saturated rings. The fraction of sp³-hybridized carbons (Fsp3) is 0.350. The van der Waals surface area contributed by atoms with Crippen molar-refractivity contribution >= 4 is 21.8 Å². The van der Waals surface area contributed by atoms with E-state index in [9.17, 15) is 13.2 Å². The van der Waals surface area contributed by atoms with Crippen LogP contribution in [0.4, 0.5) is 5.69 Å². The molecule has 0 saturated carbocycles. The summed E-state index contributed by atoms with van der Waals surface area (Å²) in [6.45, 7) is 2.65. The Labute approximate surface area is 162 Å². The van der Waals surface area contributed by atoms with Crippen molar-refractivity contribution in [1.82, 2.24) is 9.62 Å². The molecule has 7 heteroatoms. The topological polar surface area (TPSA) is 69.7 Å². The highest BCUT2D eigenvalue weighted by atomic mass is 32.2. The van der Waals surface area contributed by atoms with Crippen LogP contribution in [0.1, 0.15) is 27.9 Å². The molecular weight excluding hydrogens is 362 g/mol. The first-order valence-electron chi connectivity index (χ1n) is 8.82. The van der Waals surface area contributed by atoms with E-state index in [0.29, 0.717) is 17.8 Å². The van der Waals surface area contributed by atoms with E-state index in [1.165, 1.54) is 36.6 Å². The van der Waals surface area contributed by atoms with Gasteiger partial charge in [-0.15, -0.1) is 0 Å². The maximum absolute atomic E-state index is 12.2. The molecule has 0 aliphatic carbocycles. The maximum Gasteiger partial charge on any atom is 0.303 e. The molecule has 0 atom stereocenters. The molecule has 0 saturated heterocycles. The average molecular weight is 390 g/mol. The van der Waals surface area contributed by atoms with E-state index < -0.39 is 10.2 Å². The molecule has 2 aromatic rings. The predicted molar refractivity (Wildman–Crippen MR) is 109 cm³/mol. The molecule has 1 N–H and O–H groups in total. The van der Waals surface area contributed by atoms with Crippen LogP contribution in [0.15, 0.2) is 48.5 Å². The Balaban J connectivity index is 1.87. The number of aryl methyl sites for hydroxylation is 2. The summed E-state index contributed by atoms with van der Waals surface area (Å²) in [6.07, 6.45) is 1.77. The van der Waals surface area contributed by atoms with Gasteiger partial charge in [0, 0.05) is 33.3 Å². The van der Waals surface area contributed by atoms with Crippen LogP contribution < -0.4 is 9.62 Å². The quantitative estimate of drug-likeness (QED) is 0.706. The third kappa shape index (κ3) is 5.55. The lowest BCUT2D eigenvalue weighted by molar-refractivity contribution is 0.0953. The van der Waals surface area contributed by atoms with Gasteiger partial charge in [-0.1, -0.05) is 29.8 Å². The number of benzene rings is 2. The summed E-state index contributed by atoms with van der Waals surface area (Å²) in [6, 6.07) is 14.9. The van der Waals surface area contributed by atoms with Gasteiger partial charge in [-0.05, 0) is 49.6 Å². The molecule has 146 valence electrons. The number of hydrogen-bond acceptors (Lipinski definition) is 3. The van der Waals surface area contributed by atoms with Gasteiger partial charge in [-0.2, -0.15) is 12.7 Å². The van der Waals surface area contributed by atoms with Gasteiger partial charge >= 0.3 is 10.2 Å². The Hall–Kier alpha value is -2.38. The van der Waals surface area contributed by atoms with E-state index >= 15 is 0 Å². The number of carbonyl (C=O) groups excluding carboxylic acids is 1. The molecule has 2 aromatic carbocycles. The van der Waals surface area contributed by atoms with E-state index in [2.05, 4.69) is 36.5 Å². The van der Waals surface area contributed by atoms with Crippen LogP contribution in [0.5, 0.6) is 0 Å². The SMILES string of the molecule is Cc1ccc(CCCNC(=O)c2ccc(N(C)S(=O)(=O)N(C)C)cc2)cc1. The number of nitrogens with one attached hydrogen (secondary N) is 1. The number of hydrogen-bond donors (Lipinski definition) is 1. The van der Waals surface area contributed by atoms with Gasteiger partial charge in [0.05, 0.1) is 5.69 Å². The first-order chi connectivity index (χ1) is 12.7. The van der Waals surface area contributed by atoms with Crippen LogP contribution in [0, 0.1) is 6.92 Å². The number of anilines is 1. The molecule has 0 aliphatic heterocycles. The largest absolute Gasteiger partial charge is 0.352 e. The minimum atomic E-state index is -3.54. The summed E-state index contributed by atoms with van der Waals surface area (Å²) < 4.78 is 26.6. The van der Waals surface area contributed by atoms with Gasteiger partial charge in [0.2, 0.25) is 0 Å². The second kappa shape index (κ2) is 9.01. The summed E-state index contributed by atoms with van der Waals surface area (Å²) in [7, 11) is 0.891. The Morgan fingerprint density at radius 2 is 1.56 bits per heavy atom. The second-order valence-electron chi connectivity index (χ2n) is 6.65. The first-order valence-corrected chi connectivity index (χ1v) is 10.2. The molecule has 0 aliphatic rings. The highest BCUT2D eigenvalue weighted by Crippen LogP contribution is 2.18. The highest BCUT2D eigenvalue weighted by Gasteiger charge is 2.20. The summed E-state index contributed by atoms with van der Waals surface area (Å²) >= 11 is 0. The Morgan fingerprint density at radius 3 is 2.11 bits per heavy atom. The number of amides is 1. The Kier molecular flexibility index (Phi) is 6.98. The van der Waals surface area contributed by atoms with Crippen LogP contribution in [0.2, 0.25) is 0 Å². The van der Waals surface area contributed by atoms with E-state index in [1.807, 2.05) is 0 Å². The van der Waals surface area contributed by atoms with E-state index in [0.717, 1.165) is 17.1 Å². The Bertz CT molecular complexity index is 860. The molecule has 2 rings (SSSR count). The van der Waals surface area contributed by atoms with E-state index in [1.54, 1.807) is 24.3 Å². The van der Waals surface area contributed by atoms with Gasteiger partial charge in [-0.3, -0.25) is 9.10 Å². The minimum Gasteiger partial charge on any atom is -0.352 e. The molecule has 0 aromatic heterocycles. The lowest BCUT2D eigenvalue weighted by atomic mass is 10.1. The van der Waals surface area contributed by atoms with E-state index in [4.69, 9.17) is 0 Å². The molecule has 0 bridgehead atoms. The van der Waals surface area contributed by atoms with Crippen molar-refractivity contribution in [3.8, 4) is 0 Å². The second-order valence-corrected chi connectivity index (χ2v) is 8.82. The maximum atomic E-state index is 12.2. The van der Waals surface area contributed by atoms with Crippen LogP contribution in [0.25, 0.3) is 0 Å². The predicted octanol–water partition coefficient (Wildman–Crippen LogP) is 2.60. The molecule has 6 nitrogen and oxygen atoms in total. The summed E-state index contributed by atoms with van der Waals surface area (Å²) in [5.41, 5.74) is 3.49. The van der Waals surface area contributed by atoms with Crippen molar-refractivity contribution in [2.45, 2.75) is 19.8 Å². The molecule has 27 heavy (non-hydrogen) atoms. The lowest BCUT2D eigenvalue weighted by Crippen LogP contribution is -2.37. The highest BCUT2D eigenvalue weighted by molar-refractivity contribution is 7.90. The molecule has 0 spiro atoms. The van der Waals surface area contributed by atoms with Crippen molar-refractivity contribution in [3.05, 3.63) is 65.2 Å². The van der Waals surface area contributed by atoms with Crippen LogP contribution in [0.3, 0.4) is 0 Å². The van der Waals surface area contributed by atoms with Crippen molar-refractivity contribution in [2.75, 3.05) is 32.0 Å². The zero-order valence-corrected chi connectivity index (χ0v) is 17.1. The number of rotatable bonds is 8. The first kappa shape index (κ1) is 20.9. The smallest absolute Gasteiger partial charge is 0.303 e. The monoisotopic (exact) mass is 389 g/mol. The van der Waals surface area contributed by atoms with Gasteiger partial charge in [0.15, 0.2) is 0 Å². The number of nitrogens with zero attached hydrogens (tertiary/aromatic N) is 2. The van der Waals surface area contributed by atoms with Gasteiger partial charge in [0.1, 0.15) is 0 Å². The van der Waals surface area contributed by atoms with Gasteiger partial charge < -0.3 is 5.32 Å². The lowest BCUT2D eigenvalue weighted by Gasteiger charge is -2.23. The van der Waals surface area contributed by atoms with Crippen LogP contribution >= 0.6 is 0 Å². The zero-order chi connectivity index (χ0) is 20.0. The number of carbonyl (C=O) groups is 1. The fourth-order valence-corrected chi connectivity index (χ4v) is 3.43. The van der Waals surface area contributed by atoms with Crippen LogP contribution in [-0.4, -0.2) is 46.3 Å². The summed E-state index contributed by atoms with van der Waals surface area (Å²) in [5.74, 6) is -0.163. The van der Waals surface area contributed by atoms with E-state index in [-0.39, 0.29) is 5.91 Å². The summed E-state index contributed by atoms with van der Waals surface area (Å²) in [4.78, 5) is 12.2. The standard InChI is InChI=1S/C20H27N3O3S/c1-16-7-9-17(10-8-16)6-5-15-21-20(24)18-11-13-19(14-12-18)23(4)27(25,26)22(2)3/h7-14H,5-6,15H2,1-4H3,(H,21,24). The molecule has 0 unspecified atom stereocenters. The van der Waals surface area contributed by atoms with Crippen molar-refractivity contribution in [2.24, 2.45) is 0 Å². The van der Waals surface area contributed by atoms with Gasteiger partial charge in [0.25, 0.3) is 5.91 Å². The normalized spacial score (nSPS) is 11.4. The average Bonchev–Trinajstić information content (AvgIpc) is 2.65. The molecule has 0 heterocycles. The fourth-order valence-electron chi connectivity index (χ4n) is 2.55.